The first-order valence-corrected chi connectivity index (χ1v) is 12.7. The monoisotopic (exact) mass is 596 g/mol. The molecule has 4 aromatic carbocycles. The van der Waals surface area contributed by atoms with Crippen LogP contribution in [0.3, 0.4) is 0 Å². The number of benzene rings is 4. The summed E-state index contributed by atoms with van der Waals surface area (Å²) in [4.78, 5) is 0. The molecular formula is C34H20F8O. The van der Waals surface area contributed by atoms with Crippen molar-refractivity contribution >= 4 is 0 Å². The Kier molecular flexibility index (Phi) is 9.57. The molecule has 43 heavy (non-hydrogen) atoms. The largest absolute Gasteiger partial charge is 0.429 e. The van der Waals surface area contributed by atoms with Crippen LogP contribution in [0.25, 0.3) is 0 Å². The molecule has 9 heteroatoms. The number of rotatable bonds is 6. The van der Waals surface area contributed by atoms with Crippen LogP contribution in [0.1, 0.15) is 46.7 Å². The van der Waals surface area contributed by atoms with E-state index in [0.717, 1.165) is 42.3 Å². The fourth-order valence-electron chi connectivity index (χ4n) is 3.83. The van der Waals surface area contributed by atoms with Crippen molar-refractivity contribution in [3.05, 3.63) is 147 Å². The number of hydrogen-bond donors (Lipinski definition) is 0. The summed E-state index contributed by atoms with van der Waals surface area (Å²) in [6, 6.07) is 10.8. The minimum atomic E-state index is -4.23. The summed E-state index contributed by atoms with van der Waals surface area (Å²) >= 11 is 0. The highest BCUT2D eigenvalue weighted by Crippen LogP contribution is 2.34. The van der Waals surface area contributed by atoms with Crippen molar-refractivity contribution in [1.82, 2.24) is 0 Å². The van der Waals surface area contributed by atoms with Gasteiger partial charge in [0.15, 0.2) is 17.5 Å². The Morgan fingerprint density at radius 2 is 1.26 bits per heavy atom. The van der Waals surface area contributed by atoms with Gasteiger partial charge in [0, 0.05) is 17.2 Å². The van der Waals surface area contributed by atoms with Gasteiger partial charge in [0.25, 0.3) is 0 Å². The maximum Gasteiger partial charge on any atom is 0.429 e. The fraction of sp³-hybridized carbons (Fsp3) is 0.118. The molecule has 0 saturated heterocycles. The maximum atomic E-state index is 14.8. The van der Waals surface area contributed by atoms with Crippen molar-refractivity contribution in [3.8, 4) is 29.4 Å². The number of ether oxygens (including phenoxy) is 1. The van der Waals surface area contributed by atoms with Gasteiger partial charge in [0.2, 0.25) is 0 Å². The summed E-state index contributed by atoms with van der Waals surface area (Å²) < 4.78 is 117. The van der Waals surface area contributed by atoms with Crippen molar-refractivity contribution in [2.75, 3.05) is 0 Å². The predicted molar refractivity (Wildman–Crippen MR) is 145 cm³/mol. The Balaban J connectivity index is 1.47. The number of alkyl halides is 2. The molecular weight excluding hydrogens is 576 g/mol. The second-order valence-electron chi connectivity index (χ2n) is 9.13. The zero-order chi connectivity index (χ0) is 31.1. The van der Waals surface area contributed by atoms with E-state index in [9.17, 15) is 35.1 Å². The molecule has 0 unspecified atom stereocenters. The Morgan fingerprint density at radius 1 is 0.651 bits per heavy atom. The molecule has 0 aliphatic carbocycles. The molecule has 218 valence electrons. The lowest BCUT2D eigenvalue weighted by molar-refractivity contribution is -0.187. The summed E-state index contributed by atoms with van der Waals surface area (Å²) in [5.74, 6) is 1.22. The van der Waals surface area contributed by atoms with E-state index in [1.807, 2.05) is 19.1 Å². The van der Waals surface area contributed by atoms with Gasteiger partial charge < -0.3 is 4.74 Å². The third-order valence-electron chi connectivity index (χ3n) is 6.00. The van der Waals surface area contributed by atoms with E-state index in [-0.39, 0.29) is 22.3 Å². The average molecular weight is 597 g/mol. The van der Waals surface area contributed by atoms with Crippen molar-refractivity contribution in [2.45, 2.75) is 25.9 Å². The first kappa shape index (κ1) is 30.9. The number of allylic oxidation sites excluding steroid dienone is 2. The van der Waals surface area contributed by atoms with Crippen LogP contribution in [0.4, 0.5) is 35.1 Å². The van der Waals surface area contributed by atoms with Gasteiger partial charge in [-0.3, -0.25) is 0 Å². The summed E-state index contributed by atoms with van der Waals surface area (Å²) in [6.45, 7) is 1.89. The Labute approximate surface area is 242 Å². The lowest BCUT2D eigenvalue weighted by Gasteiger charge is -2.19. The van der Waals surface area contributed by atoms with Gasteiger partial charge in [-0.25, -0.2) is 26.3 Å². The third-order valence-corrected chi connectivity index (χ3v) is 6.00. The highest BCUT2D eigenvalue weighted by molar-refractivity contribution is 5.47. The lowest BCUT2D eigenvalue weighted by atomic mass is 10.1. The summed E-state index contributed by atoms with van der Waals surface area (Å²) in [7, 11) is 0. The molecule has 0 aliphatic rings. The van der Waals surface area contributed by atoms with Crippen molar-refractivity contribution in [3.63, 3.8) is 0 Å². The Bertz CT molecular complexity index is 1800. The standard InChI is InChI=1S/C34H20F8O/c1-2-3-4-5-21-6-10-24(28(35)16-21)11-7-22-9-15-27(30(37)17-22)34(41,42)43-26-14-13-25(29(36)20-26)12-8-23-18-31(38)33(40)32(39)19-23/h2-3,6,9-10,13-20H,4-5H2,1H3/b3-2+. The number of aryl methyl sites for hydroxylation is 1. The van der Waals surface area contributed by atoms with E-state index in [0.29, 0.717) is 24.6 Å². The highest BCUT2D eigenvalue weighted by atomic mass is 19.3. The smallest absolute Gasteiger partial charge is 0.429 e. The zero-order valence-corrected chi connectivity index (χ0v) is 22.4. The Hall–Kier alpha value is -5.02. The van der Waals surface area contributed by atoms with E-state index in [1.165, 1.54) is 12.1 Å². The molecule has 0 heterocycles. The van der Waals surface area contributed by atoms with Crippen LogP contribution in [-0.4, -0.2) is 0 Å². The highest BCUT2D eigenvalue weighted by Gasteiger charge is 2.37. The molecule has 0 spiro atoms. The van der Waals surface area contributed by atoms with Gasteiger partial charge in [-0.15, -0.1) is 0 Å². The molecule has 0 atom stereocenters. The van der Waals surface area contributed by atoms with E-state index in [2.05, 4.69) is 28.4 Å². The van der Waals surface area contributed by atoms with Crippen LogP contribution < -0.4 is 4.74 Å². The fourth-order valence-corrected chi connectivity index (χ4v) is 3.83. The number of hydrogen-bond acceptors (Lipinski definition) is 1. The van der Waals surface area contributed by atoms with E-state index in [4.69, 9.17) is 0 Å². The van der Waals surface area contributed by atoms with Crippen molar-refractivity contribution in [1.29, 1.82) is 0 Å². The first-order chi connectivity index (χ1) is 20.5. The van der Waals surface area contributed by atoms with Gasteiger partial charge in [0.05, 0.1) is 11.1 Å². The summed E-state index contributed by atoms with van der Waals surface area (Å²) in [6.07, 6.45) is 1.02. The zero-order valence-electron chi connectivity index (χ0n) is 22.4. The first-order valence-electron chi connectivity index (χ1n) is 12.7. The molecule has 0 radical (unpaired) electrons. The van der Waals surface area contributed by atoms with E-state index in [1.54, 1.807) is 6.07 Å². The lowest BCUT2D eigenvalue weighted by Crippen LogP contribution is -2.23. The molecule has 0 amide bonds. The third kappa shape index (κ3) is 7.84. The Morgan fingerprint density at radius 3 is 1.86 bits per heavy atom. The van der Waals surface area contributed by atoms with Crippen LogP contribution in [0, 0.1) is 58.6 Å². The van der Waals surface area contributed by atoms with Crippen LogP contribution in [0.2, 0.25) is 0 Å². The minimum Gasteiger partial charge on any atom is -0.429 e. The van der Waals surface area contributed by atoms with Gasteiger partial charge in [0.1, 0.15) is 28.8 Å². The quantitative estimate of drug-likeness (QED) is 0.0935. The molecule has 1 nitrogen and oxygen atoms in total. The molecule has 4 rings (SSSR count). The van der Waals surface area contributed by atoms with Crippen LogP contribution in [0.5, 0.6) is 5.75 Å². The van der Waals surface area contributed by atoms with Crippen LogP contribution in [-0.2, 0) is 12.5 Å². The van der Waals surface area contributed by atoms with Crippen molar-refractivity contribution in [2.24, 2.45) is 0 Å². The van der Waals surface area contributed by atoms with Gasteiger partial charge in [-0.2, -0.15) is 8.78 Å². The van der Waals surface area contributed by atoms with Gasteiger partial charge in [-0.1, -0.05) is 41.9 Å². The second kappa shape index (κ2) is 13.3. The second-order valence-corrected chi connectivity index (χ2v) is 9.13. The molecule has 4 aromatic rings. The molecule has 0 aliphatic heterocycles. The molecule has 0 aromatic heterocycles. The normalized spacial score (nSPS) is 11.1. The molecule has 0 bridgehead atoms. The van der Waals surface area contributed by atoms with Crippen LogP contribution >= 0.6 is 0 Å². The SMILES string of the molecule is C/C=C/CCc1ccc(C#Cc2ccc(C(F)(F)Oc3ccc(C#Cc4cc(F)c(F)c(F)c4)c(F)c3)c(F)c2)c(F)c1. The summed E-state index contributed by atoms with van der Waals surface area (Å²) in [5.41, 5.74) is -0.942. The molecule has 0 fully saturated rings. The molecule has 0 N–H and O–H groups in total. The summed E-state index contributed by atoms with van der Waals surface area (Å²) in [5, 5.41) is 0. The van der Waals surface area contributed by atoms with Gasteiger partial charge >= 0.3 is 6.11 Å². The van der Waals surface area contributed by atoms with E-state index >= 15 is 0 Å². The predicted octanol–water partition coefficient (Wildman–Crippen LogP) is 8.96. The van der Waals surface area contributed by atoms with Crippen LogP contribution in [0.15, 0.2) is 78.9 Å². The van der Waals surface area contributed by atoms with Crippen molar-refractivity contribution < 1.29 is 39.9 Å². The average Bonchev–Trinajstić information content (AvgIpc) is 2.95. The number of halogens is 8. The topological polar surface area (TPSA) is 9.23 Å². The maximum absolute atomic E-state index is 14.8. The van der Waals surface area contributed by atoms with E-state index < -0.39 is 52.3 Å². The molecule has 0 saturated carbocycles. The van der Waals surface area contributed by atoms with Gasteiger partial charge in [-0.05, 0) is 79.9 Å². The minimum absolute atomic E-state index is 0.00324.